The third-order valence-corrected chi connectivity index (χ3v) is 1.90. The van der Waals surface area contributed by atoms with Crippen molar-refractivity contribution in [3.63, 3.8) is 0 Å². The number of rotatable bonds is 3. The van der Waals surface area contributed by atoms with E-state index in [0.29, 0.717) is 5.75 Å². The molecule has 0 radical (unpaired) electrons. The molecule has 0 spiro atoms. The summed E-state index contributed by atoms with van der Waals surface area (Å²) >= 11 is 0. The van der Waals surface area contributed by atoms with Crippen LogP contribution < -0.4 is 0 Å². The van der Waals surface area contributed by atoms with Crippen molar-refractivity contribution >= 4 is 6.08 Å². The van der Waals surface area contributed by atoms with Gasteiger partial charge in [-0.3, -0.25) is 0 Å². The normalized spacial score (nSPS) is 9.75. The Labute approximate surface area is 73.4 Å². The molecule has 1 aromatic rings. The molecule has 1 rings (SSSR count). The Kier molecular flexibility index (Phi) is 2.92. The second-order valence-electron chi connectivity index (χ2n) is 2.80. The molecule has 1 N–H and O–H groups in total. The summed E-state index contributed by atoms with van der Waals surface area (Å²) < 4.78 is 0. The van der Waals surface area contributed by atoms with Gasteiger partial charge in [-0.1, -0.05) is 38.1 Å². The lowest BCUT2D eigenvalue weighted by molar-refractivity contribution is 0.473. The van der Waals surface area contributed by atoms with Gasteiger partial charge in [0.25, 0.3) is 0 Å². The van der Waals surface area contributed by atoms with Crippen LogP contribution in [0.5, 0.6) is 5.75 Å². The van der Waals surface area contributed by atoms with Gasteiger partial charge in [-0.2, -0.15) is 0 Å². The third kappa shape index (κ3) is 1.67. The highest BCUT2D eigenvalue weighted by Crippen LogP contribution is 2.22. The predicted octanol–water partition coefficient (Wildman–Crippen LogP) is 2.99. The van der Waals surface area contributed by atoms with Gasteiger partial charge in [0.15, 0.2) is 0 Å². The number of hydrogen-bond acceptors (Lipinski definition) is 1. The third-order valence-electron chi connectivity index (χ3n) is 1.90. The van der Waals surface area contributed by atoms with Gasteiger partial charge in [-0.05, 0) is 18.1 Å². The van der Waals surface area contributed by atoms with Crippen LogP contribution in [0.1, 0.15) is 24.5 Å². The molecule has 0 saturated heterocycles. The van der Waals surface area contributed by atoms with Crippen LogP contribution in [0.2, 0.25) is 0 Å². The highest BCUT2D eigenvalue weighted by atomic mass is 16.3. The van der Waals surface area contributed by atoms with Crippen LogP contribution in [-0.4, -0.2) is 5.11 Å². The van der Waals surface area contributed by atoms with Crippen molar-refractivity contribution in [2.24, 2.45) is 0 Å². The Hall–Kier alpha value is -1.24. The van der Waals surface area contributed by atoms with Crippen LogP contribution in [0.15, 0.2) is 24.8 Å². The van der Waals surface area contributed by atoms with E-state index in [9.17, 15) is 5.11 Å². The Morgan fingerprint density at radius 3 is 2.83 bits per heavy atom. The highest BCUT2D eigenvalue weighted by molar-refractivity contribution is 5.59. The van der Waals surface area contributed by atoms with Crippen LogP contribution in [0, 0.1) is 0 Å². The first-order chi connectivity index (χ1) is 5.79. The quantitative estimate of drug-likeness (QED) is 0.724. The summed E-state index contributed by atoms with van der Waals surface area (Å²) in [4.78, 5) is 0. The Bertz CT molecular complexity index is 276. The maximum atomic E-state index is 9.45. The molecule has 0 aliphatic heterocycles. The summed E-state index contributed by atoms with van der Waals surface area (Å²) in [5, 5.41) is 9.45. The fourth-order valence-electron chi connectivity index (χ4n) is 1.32. The Morgan fingerprint density at radius 1 is 1.50 bits per heavy atom. The minimum atomic E-state index is 0.330. The molecule has 0 aromatic heterocycles. The van der Waals surface area contributed by atoms with E-state index in [0.717, 1.165) is 18.4 Å². The summed E-state index contributed by atoms with van der Waals surface area (Å²) in [5.74, 6) is 0.330. The highest BCUT2D eigenvalue weighted by Gasteiger charge is 2.01. The van der Waals surface area contributed by atoms with Crippen molar-refractivity contribution in [1.82, 2.24) is 0 Å². The van der Waals surface area contributed by atoms with Gasteiger partial charge >= 0.3 is 0 Å². The molecule has 1 heteroatoms. The standard InChI is InChI=1S/C11H14O/c1-3-6-9-7-5-8-11(12)10(9)4-2/h4-5,7-8,12H,2-3,6H2,1H3. The molecule has 0 aliphatic rings. The molecule has 1 aromatic carbocycles. The number of phenols is 1. The van der Waals surface area contributed by atoms with Gasteiger partial charge in [0, 0.05) is 5.56 Å². The van der Waals surface area contributed by atoms with E-state index in [2.05, 4.69) is 13.5 Å². The molecule has 0 saturated carbocycles. The van der Waals surface area contributed by atoms with E-state index in [1.807, 2.05) is 12.1 Å². The summed E-state index contributed by atoms with van der Waals surface area (Å²) in [6.45, 7) is 5.80. The summed E-state index contributed by atoms with van der Waals surface area (Å²) in [5.41, 5.74) is 2.05. The topological polar surface area (TPSA) is 20.2 Å². The van der Waals surface area contributed by atoms with Gasteiger partial charge in [0.05, 0.1) is 0 Å². The second-order valence-corrected chi connectivity index (χ2v) is 2.80. The van der Waals surface area contributed by atoms with Crippen LogP contribution in [0.4, 0.5) is 0 Å². The monoisotopic (exact) mass is 162 g/mol. The first-order valence-corrected chi connectivity index (χ1v) is 4.23. The van der Waals surface area contributed by atoms with E-state index in [-0.39, 0.29) is 0 Å². The van der Waals surface area contributed by atoms with Crippen LogP contribution in [-0.2, 0) is 6.42 Å². The maximum absolute atomic E-state index is 9.45. The minimum absolute atomic E-state index is 0.330. The molecule has 0 unspecified atom stereocenters. The van der Waals surface area contributed by atoms with Gasteiger partial charge < -0.3 is 5.11 Å². The Morgan fingerprint density at radius 2 is 2.25 bits per heavy atom. The molecule has 64 valence electrons. The van der Waals surface area contributed by atoms with Crippen molar-refractivity contribution in [2.45, 2.75) is 19.8 Å². The molecule has 0 aliphatic carbocycles. The van der Waals surface area contributed by atoms with E-state index in [1.165, 1.54) is 5.56 Å². The Balaban J connectivity index is 3.09. The zero-order valence-electron chi connectivity index (χ0n) is 7.38. The first kappa shape index (κ1) is 8.85. The molecule has 0 atom stereocenters. The molecule has 1 nitrogen and oxygen atoms in total. The van der Waals surface area contributed by atoms with Crippen molar-refractivity contribution in [2.75, 3.05) is 0 Å². The molecule has 0 amide bonds. The van der Waals surface area contributed by atoms with Crippen molar-refractivity contribution in [3.05, 3.63) is 35.9 Å². The molecule has 0 heterocycles. The number of aromatic hydroxyl groups is 1. The van der Waals surface area contributed by atoms with E-state index in [1.54, 1.807) is 12.1 Å². The lowest BCUT2D eigenvalue weighted by Crippen LogP contribution is -1.87. The van der Waals surface area contributed by atoms with E-state index < -0.39 is 0 Å². The maximum Gasteiger partial charge on any atom is 0.123 e. The lowest BCUT2D eigenvalue weighted by Gasteiger charge is -2.05. The second kappa shape index (κ2) is 3.96. The van der Waals surface area contributed by atoms with Gasteiger partial charge in [-0.15, -0.1) is 0 Å². The molecule has 0 fully saturated rings. The fourth-order valence-corrected chi connectivity index (χ4v) is 1.32. The largest absolute Gasteiger partial charge is 0.507 e. The molecule has 12 heavy (non-hydrogen) atoms. The zero-order valence-corrected chi connectivity index (χ0v) is 7.38. The number of aryl methyl sites for hydroxylation is 1. The van der Waals surface area contributed by atoms with Crippen molar-refractivity contribution < 1.29 is 5.11 Å². The number of benzene rings is 1. The van der Waals surface area contributed by atoms with Crippen molar-refractivity contribution in [3.8, 4) is 5.75 Å². The van der Waals surface area contributed by atoms with Gasteiger partial charge in [0.2, 0.25) is 0 Å². The van der Waals surface area contributed by atoms with Gasteiger partial charge in [-0.25, -0.2) is 0 Å². The lowest BCUT2D eigenvalue weighted by atomic mass is 10.0. The molecule has 0 bridgehead atoms. The van der Waals surface area contributed by atoms with Gasteiger partial charge in [0.1, 0.15) is 5.75 Å². The van der Waals surface area contributed by atoms with Crippen LogP contribution >= 0.6 is 0 Å². The SMILES string of the molecule is C=Cc1c(O)cccc1CCC. The zero-order chi connectivity index (χ0) is 8.97. The predicted molar refractivity (Wildman–Crippen MR) is 52.2 cm³/mol. The van der Waals surface area contributed by atoms with E-state index in [4.69, 9.17) is 0 Å². The fraction of sp³-hybridized carbons (Fsp3) is 0.273. The molecular formula is C11H14O. The van der Waals surface area contributed by atoms with Crippen molar-refractivity contribution in [1.29, 1.82) is 0 Å². The first-order valence-electron chi connectivity index (χ1n) is 4.23. The summed E-state index contributed by atoms with van der Waals surface area (Å²) in [6.07, 6.45) is 3.79. The number of phenolic OH excluding ortho intramolecular Hbond substituents is 1. The summed E-state index contributed by atoms with van der Waals surface area (Å²) in [6, 6.07) is 5.59. The minimum Gasteiger partial charge on any atom is -0.507 e. The van der Waals surface area contributed by atoms with E-state index >= 15 is 0 Å². The molecular weight excluding hydrogens is 148 g/mol. The van der Waals surface area contributed by atoms with Crippen LogP contribution in [0.3, 0.4) is 0 Å². The number of hydrogen-bond donors (Lipinski definition) is 1. The van der Waals surface area contributed by atoms with Crippen LogP contribution in [0.25, 0.3) is 6.08 Å². The smallest absolute Gasteiger partial charge is 0.123 e. The average Bonchev–Trinajstić information content (AvgIpc) is 2.05. The summed E-state index contributed by atoms with van der Waals surface area (Å²) in [7, 11) is 0. The average molecular weight is 162 g/mol.